The van der Waals surface area contributed by atoms with Crippen LogP contribution in [0.15, 0.2) is 42.5 Å². The maximum absolute atomic E-state index is 12.1. The third-order valence-corrected chi connectivity index (χ3v) is 4.00. The van der Waals surface area contributed by atoms with E-state index in [1.54, 1.807) is 36.4 Å². The molecular weight excluding hydrogens is 359 g/mol. The molecule has 0 saturated carbocycles. The maximum Gasteiger partial charge on any atom is 0.248 e. The van der Waals surface area contributed by atoms with Gasteiger partial charge in [0.2, 0.25) is 11.8 Å². The summed E-state index contributed by atoms with van der Waals surface area (Å²) in [5, 5.41) is 2.00. The minimum absolute atomic E-state index is 0.00770. The van der Waals surface area contributed by atoms with E-state index >= 15 is 0 Å². The highest BCUT2D eigenvalue weighted by molar-refractivity contribution is 6.35. The fourth-order valence-electron chi connectivity index (χ4n) is 1.91. The summed E-state index contributed by atoms with van der Waals surface area (Å²) in [5.74, 6) is 4.55. The van der Waals surface area contributed by atoms with Gasteiger partial charge < -0.3 is 0 Å². The number of hydrogen-bond acceptors (Lipinski definition) is 3. The Kier molecular flexibility index (Phi) is 6.02. The van der Waals surface area contributed by atoms with Crippen LogP contribution in [0.4, 0.5) is 0 Å². The topological polar surface area (TPSA) is 63.4 Å². The fraction of sp³-hybridized carbons (Fsp3) is 0.125. The highest BCUT2D eigenvalue weighted by Gasteiger charge is 2.19. The molecule has 0 aromatic heterocycles. The lowest BCUT2D eigenvalue weighted by Gasteiger charge is -2.15. The van der Waals surface area contributed by atoms with Gasteiger partial charge in [0.1, 0.15) is 0 Å². The number of carbonyl (C=O) groups is 2. The van der Waals surface area contributed by atoms with Crippen molar-refractivity contribution in [3.05, 3.63) is 68.7 Å². The van der Waals surface area contributed by atoms with E-state index in [0.29, 0.717) is 31.2 Å². The number of rotatable bonds is 4. The van der Waals surface area contributed by atoms with Crippen LogP contribution in [-0.4, -0.2) is 16.8 Å². The van der Waals surface area contributed by atoms with Crippen molar-refractivity contribution in [2.24, 2.45) is 5.84 Å². The van der Waals surface area contributed by atoms with Gasteiger partial charge in [-0.1, -0.05) is 53.0 Å². The Morgan fingerprint density at radius 3 is 2.04 bits per heavy atom. The zero-order valence-electron chi connectivity index (χ0n) is 11.9. The van der Waals surface area contributed by atoms with Crippen LogP contribution in [-0.2, 0) is 22.4 Å². The van der Waals surface area contributed by atoms with E-state index in [1.807, 2.05) is 0 Å². The Balaban J connectivity index is 2.00. The van der Waals surface area contributed by atoms with E-state index in [0.717, 1.165) is 0 Å². The molecule has 0 radical (unpaired) electrons. The normalized spacial score (nSPS) is 10.4. The van der Waals surface area contributed by atoms with Crippen LogP contribution in [0.1, 0.15) is 11.1 Å². The van der Waals surface area contributed by atoms with Crippen LogP contribution >= 0.6 is 34.8 Å². The molecule has 2 amide bonds. The number of benzene rings is 2. The fourth-order valence-corrected chi connectivity index (χ4v) is 2.52. The van der Waals surface area contributed by atoms with Crippen molar-refractivity contribution in [2.45, 2.75) is 12.8 Å². The van der Waals surface area contributed by atoms with Gasteiger partial charge in [-0.2, -0.15) is 0 Å². The number of hydrogen-bond donors (Lipinski definition) is 1. The average molecular weight is 372 g/mol. The van der Waals surface area contributed by atoms with Crippen molar-refractivity contribution in [1.29, 1.82) is 0 Å². The minimum Gasteiger partial charge on any atom is -0.273 e. The Bertz CT molecular complexity index is 733. The van der Waals surface area contributed by atoms with Crippen molar-refractivity contribution < 1.29 is 9.59 Å². The molecule has 0 aliphatic heterocycles. The highest BCUT2D eigenvalue weighted by atomic mass is 35.5. The Morgan fingerprint density at radius 2 is 1.43 bits per heavy atom. The number of halogens is 3. The molecule has 2 aromatic carbocycles. The first-order chi connectivity index (χ1) is 10.9. The van der Waals surface area contributed by atoms with Crippen LogP contribution in [0.25, 0.3) is 0 Å². The number of imide groups is 1. The van der Waals surface area contributed by atoms with Gasteiger partial charge in [-0.05, 0) is 35.4 Å². The summed E-state index contributed by atoms with van der Waals surface area (Å²) in [4.78, 5) is 24.2. The lowest BCUT2D eigenvalue weighted by molar-refractivity contribution is -0.144. The molecule has 0 atom stereocenters. The first kappa shape index (κ1) is 17.8. The summed E-state index contributed by atoms with van der Waals surface area (Å²) in [7, 11) is 0. The largest absolute Gasteiger partial charge is 0.273 e. The van der Waals surface area contributed by atoms with Crippen molar-refractivity contribution in [3.63, 3.8) is 0 Å². The van der Waals surface area contributed by atoms with Crippen molar-refractivity contribution in [2.75, 3.05) is 0 Å². The molecule has 120 valence electrons. The predicted molar refractivity (Wildman–Crippen MR) is 91.4 cm³/mol. The van der Waals surface area contributed by atoms with Crippen molar-refractivity contribution in [1.82, 2.24) is 5.01 Å². The van der Waals surface area contributed by atoms with Gasteiger partial charge in [0.15, 0.2) is 0 Å². The van der Waals surface area contributed by atoms with E-state index in [9.17, 15) is 9.59 Å². The van der Waals surface area contributed by atoms with E-state index in [2.05, 4.69) is 0 Å². The van der Waals surface area contributed by atoms with E-state index < -0.39 is 11.8 Å². The van der Waals surface area contributed by atoms with Crippen LogP contribution in [0.5, 0.6) is 0 Å². The second-order valence-corrected chi connectivity index (χ2v) is 6.15. The smallest absolute Gasteiger partial charge is 0.248 e. The van der Waals surface area contributed by atoms with Crippen LogP contribution < -0.4 is 5.84 Å². The molecule has 0 fully saturated rings. The third kappa shape index (κ3) is 4.94. The zero-order valence-corrected chi connectivity index (χ0v) is 14.2. The monoisotopic (exact) mass is 370 g/mol. The molecular formula is C16H13Cl3N2O2. The first-order valence-electron chi connectivity index (χ1n) is 6.65. The number of amides is 2. The third-order valence-electron chi connectivity index (χ3n) is 3.16. The van der Waals surface area contributed by atoms with E-state index in [-0.39, 0.29) is 12.8 Å². The van der Waals surface area contributed by atoms with Crippen LogP contribution in [0, 0.1) is 0 Å². The van der Waals surface area contributed by atoms with Gasteiger partial charge in [0.05, 0.1) is 12.8 Å². The van der Waals surface area contributed by atoms with Gasteiger partial charge in [-0.3, -0.25) is 9.59 Å². The highest BCUT2D eigenvalue weighted by Crippen LogP contribution is 2.21. The molecule has 0 aliphatic carbocycles. The van der Waals surface area contributed by atoms with Gasteiger partial charge in [-0.15, -0.1) is 0 Å². The molecule has 23 heavy (non-hydrogen) atoms. The van der Waals surface area contributed by atoms with E-state index in [4.69, 9.17) is 40.6 Å². The lowest BCUT2D eigenvalue weighted by Crippen LogP contribution is -2.44. The molecule has 0 spiro atoms. The molecule has 2 rings (SSSR count). The number of nitrogens with two attached hydrogens (primary N) is 1. The van der Waals surface area contributed by atoms with Crippen LogP contribution in [0.3, 0.4) is 0 Å². The second-order valence-electron chi connectivity index (χ2n) is 4.87. The van der Waals surface area contributed by atoms with Gasteiger partial charge in [0, 0.05) is 15.1 Å². The summed E-state index contributed by atoms with van der Waals surface area (Å²) in [6.45, 7) is 0. The van der Waals surface area contributed by atoms with Crippen molar-refractivity contribution in [3.8, 4) is 0 Å². The molecule has 2 N–H and O–H groups in total. The number of carbonyl (C=O) groups excluding carboxylic acids is 2. The Labute approximate surface area is 148 Å². The summed E-state index contributed by atoms with van der Waals surface area (Å²) in [6.07, 6.45) is -0.0768. The number of nitrogens with zero attached hydrogens (tertiary/aromatic N) is 1. The minimum atomic E-state index is -0.548. The van der Waals surface area contributed by atoms with Gasteiger partial charge >= 0.3 is 0 Å². The molecule has 4 nitrogen and oxygen atoms in total. The van der Waals surface area contributed by atoms with E-state index in [1.165, 1.54) is 6.07 Å². The molecule has 0 saturated heterocycles. The molecule has 0 heterocycles. The van der Waals surface area contributed by atoms with Gasteiger partial charge in [-0.25, -0.2) is 10.9 Å². The lowest BCUT2D eigenvalue weighted by atomic mass is 10.1. The summed E-state index contributed by atoms with van der Waals surface area (Å²) in [6, 6.07) is 11.5. The summed E-state index contributed by atoms with van der Waals surface area (Å²) < 4.78 is 0. The number of hydrazine groups is 1. The van der Waals surface area contributed by atoms with Gasteiger partial charge in [0.25, 0.3) is 0 Å². The quantitative estimate of drug-likeness (QED) is 0.507. The first-order valence-corrected chi connectivity index (χ1v) is 7.79. The molecule has 2 aromatic rings. The predicted octanol–water partition coefficient (Wildman–Crippen LogP) is 3.66. The average Bonchev–Trinajstić information content (AvgIpc) is 2.51. The maximum atomic E-state index is 12.1. The zero-order chi connectivity index (χ0) is 17.0. The Morgan fingerprint density at radius 1 is 0.870 bits per heavy atom. The summed E-state index contributed by atoms with van der Waals surface area (Å²) in [5.41, 5.74) is 1.27. The Hall–Kier alpha value is -1.59. The molecule has 0 bridgehead atoms. The van der Waals surface area contributed by atoms with Crippen LogP contribution in [0.2, 0.25) is 15.1 Å². The molecule has 7 heteroatoms. The molecule has 0 aliphatic rings. The second kappa shape index (κ2) is 7.79. The van der Waals surface area contributed by atoms with Crippen molar-refractivity contribution >= 4 is 46.6 Å². The standard InChI is InChI=1S/C16H13Cl3N2O2/c17-12-4-1-10(2-5-12)7-15(22)21(20)16(23)8-11-3-6-13(18)9-14(11)19/h1-6,9H,7-8,20H2. The summed E-state index contributed by atoms with van der Waals surface area (Å²) >= 11 is 17.6. The molecule has 0 unspecified atom stereocenters. The SMILES string of the molecule is NN(C(=O)Cc1ccc(Cl)cc1)C(=O)Cc1ccc(Cl)cc1Cl.